The molecule has 0 aromatic heterocycles. The second-order valence-corrected chi connectivity index (χ2v) is 5.89. The second-order valence-electron chi connectivity index (χ2n) is 5.89. The zero-order chi connectivity index (χ0) is 12.7. The highest BCUT2D eigenvalue weighted by molar-refractivity contribution is 4.82. The predicted molar refractivity (Wildman–Crippen MR) is 76.4 cm³/mol. The first-order valence-electron chi connectivity index (χ1n) is 7.64. The van der Waals surface area contributed by atoms with E-state index in [1.54, 1.807) is 0 Å². The molecule has 2 unspecified atom stereocenters. The summed E-state index contributed by atoms with van der Waals surface area (Å²) in [7, 11) is 0. The molecular weight excluding hydrogens is 208 g/mol. The van der Waals surface area contributed by atoms with Gasteiger partial charge in [0.1, 0.15) is 0 Å². The van der Waals surface area contributed by atoms with E-state index in [1.807, 2.05) is 0 Å². The minimum Gasteiger partial charge on any atom is -0.314 e. The topological polar surface area (TPSA) is 15.3 Å². The number of unbranched alkanes of at least 4 members (excludes halogenated alkanes) is 1. The van der Waals surface area contributed by atoms with Crippen LogP contribution in [0.5, 0.6) is 0 Å². The summed E-state index contributed by atoms with van der Waals surface area (Å²) in [5.74, 6) is 0.779. The third-order valence-electron chi connectivity index (χ3n) is 3.89. The first-order chi connectivity index (χ1) is 8.17. The minimum absolute atomic E-state index is 0.741. The van der Waals surface area contributed by atoms with Crippen molar-refractivity contribution >= 4 is 0 Å². The summed E-state index contributed by atoms with van der Waals surface area (Å²) < 4.78 is 0. The lowest BCUT2D eigenvalue weighted by Gasteiger charge is -2.31. The van der Waals surface area contributed by atoms with Crippen LogP contribution < -0.4 is 5.32 Å². The molecule has 2 atom stereocenters. The maximum Gasteiger partial charge on any atom is 0.00683 e. The zero-order valence-electron chi connectivity index (χ0n) is 12.3. The van der Waals surface area contributed by atoms with Crippen LogP contribution in [0.25, 0.3) is 0 Å². The second kappa shape index (κ2) is 8.10. The van der Waals surface area contributed by atoms with Gasteiger partial charge < -0.3 is 10.2 Å². The van der Waals surface area contributed by atoms with E-state index in [1.165, 1.54) is 51.7 Å². The van der Waals surface area contributed by atoms with Crippen LogP contribution in [0.3, 0.4) is 0 Å². The molecule has 1 saturated carbocycles. The summed E-state index contributed by atoms with van der Waals surface area (Å²) in [5.41, 5.74) is 0. The Bertz CT molecular complexity index is 189. The van der Waals surface area contributed by atoms with Gasteiger partial charge in [0.25, 0.3) is 0 Å². The van der Waals surface area contributed by atoms with Crippen LogP contribution in [-0.4, -0.2) is 36.6 Å². The molecule has 0 aromatic rings. The number of nitrogens with zero attached hydrogens (tertiary/aromatic N) is 1. The van der Waals surface area contributed by atoms with E-state index in [4.69, 9.17) is 0 Å². The fraction of sp³-hybridized carbons (Fsp3) is 1.00. The molecular formula is C15H32N2. The summed E-state index contributed by atoms with van der Waals surface area (Å²) >= 11 is 0. The molecule has 0 heterocycles. The predicted octanol–water partition coefficient (Wildman–Crippen LogP) is 3.28. The SMILES string of the molecule is CCCCN(CC(C)CNC1CC1)C(C)CC. The third kappa shape index (κ3) is 6.42. The van der Waals surface area contributed by atoms with Crippen LogP contribution in [0.4, 0.5) is 0 Å². The average molecular weight is 240 g/mol. The molecule has 0 radical (unpaired) electrons. The summed E-state index contributed by atoms with van der Waals surface area (Å²) in [4.78, 5) is 2.68. The van der Waals surface area contributed by atoms with Crippen molar-refractivity contribution in [2.75, 3.05) is 19.6 Å². The van der Waals surface area contributed by atoms with Gasteiger partial charge in [-0.25, -0.2) is 0 Å². The maximum atomic E-state index is 3.65. The van der Waals surface area contributed by atoms with Crippen molar-refractivity contribution in [1.82, 2.24) is 10.2 Å². The van der Waals surface area contributed by atoms with E-state index in [2.05, 4.69) is 37.9 Å². The lowest BCUT2D eigenvalue weighted by molar-refractivity contribution is 0.173. The van der Waals surface area contributed by atoms with Crippen LogP contribution in [0, 0.1) is 5.92 Å². The fourth-order valence-corrected chi connectivity index (χ4v) is 2.23. The fourth-order valence-electron chi connectivity index (χ4n) is 2.23. The number of hydrogen-bond donors (Lipinski definition) is 1. The summed E-state index contributed by atoms with van der Waals surface area (Å²) in [6.07, 6.45) is 6.72. The highest BCUT2D eigenvalue weighted by Gasteiger charge is 2.22. The zero-order valence-corrected chi connectivity index (χ0v) is 12.3. The Morgan fingerprint density at radius 2 is 1.94 bits per heavy atom. The molecule has 102 valence electrons. The Morgan fingerprint density at radius 3 is 2.47 bits per heavy atom. The molecule has 0 aliphatic heterocycles. The Balaban J connectivity index is 2.23. The molecule has 0 bridgehead atoms. The molecule has 0 spiro atoms. The van der Waals surface area contributed by atoms with Gasteiger partial charge in [-0.3, -0.25) is 0 Å². The molecule has 1 fully saturated rings. The van der Waals surface area contributed by atoms with E-state index in [0.717, 1.165) is 18.0 Å². The first kappa shape index (κ1) is 15.0. The van der Waals surface area contributed by atoms with Crippen LogP contribution in [0.2, 0.25) is 0 Å². The molecule has 1 aliphatic rings. The van der Waals surface area contributed by atoms with Crippen LogP contribution in [0.1, 0.15) is 59.8 Å². The average Bonchev–Trinajstić information content (AvgIpc) is 3.14. The summed E-state index contributed by atoms with van der Waals surface area (Å²) in [6, 6.07) is 1.59. The van der Waals surface area contributed by atoms with Crippen molar-refractivity contribution in [2.24, 2.45) is 5.92 Å². The molecule has 1 aliphatic carbocycles. The molecule has 1 rings (SSSR count). The largest absolute Gasteiger partial charge is 0.314 e. The van der Waals surface area contributed by atoms with Gasteiger partial charge in [0.15, 0.2) is 0 Å². The van der Waals surface area contributed by atoms with Crippen LogP contribution in [0.15, 0.2) is 0 Å². The lowest BCUT2D eigenvalue weighted by Crippen LogP contribution is -2.39. The molecule has 0 saturated heterocycles. The van der Waals surface area contributed by atoms with Crippen molar-refractivity contribution in [3.05, 3.63) is 0 Å². The minimum atomic E-state index is 0.741. The number of nitrogens with one attached hydrogen (secondary N) is 1. The monoisotopic (exact) mass is 240 g/mol. The highest BCUT2D eigenvalue weighted by Crippen LogP contribution is 2.19. The Hall–Kier alpha value is -0.0800. The Morgan fingerprint density at radius 1 is 1.24 bits per heavy atom. The molecule has 0 amide bonds. The van der Waals surface area contributed by atoms with E-state index in [9.17, 15) is 0 Å². The number of rotatable bonds is 10. The van der Waals surface area contributed by atoms with Gasteiger partial charge in [0, 0.05) is 18.6 Å². The Kier molecular flexibility index (Phi) is 7.14. The van der Waals surface area contributed by atoms with Gasteiger partial charge in [-0.2, -0.15) is 0 Å². The van der Waals surface area contributed by atoms with Gasteiger partial charge in [-0.1, -0.05) is 27.2 Å². The molecule has 2 nitrogen and oxygen atoms in total. The van der Waals surface area contributed by atoms with Gasteiger partial charge >= 0.3 is 0 Å². The van der Waals surface area contributed by atoms with Crippen molar-refractivity contribution in [1.29, 1.82) is 0 Å². The van der Waals surface area contributed by atoms with E-state index in [-0.39, 0.29) is 0 Å². The smallest absolute Gasteiger partial charge is 0.00683 e. The van der Waals surface area contributed by atoms with Crippen LogP contribution >= 0.6 is 0 Å². The summed E-state index contributed by atoms with van der Waals surface area (Å²) in [6.45, 7) is 13.1. The molecule has 17 heavy (non-hydrogen) atoms. The summed E-state index contributed by atoms with van der Waals surface area (Å²) in [5, 5.41) is 3.65. The van der Waals surface area contributed by atoms with Crippen LogP contribution in [-0.2, 0) is 0 Å². The van der Waals surface area contributed by atoms with Crippen molar-refractivity contribution < 1.29 is 0 Å². The lowest BCUT2D eigenvalue weighted by atomic mass is 10.1. The van der Waals surface area contributed by atoms with E-state index < -0.39 is 0 Å². The molecule has 1 N–H and O–H groups in total. The maximum absolute atomic E-state index is 3.65. The van der Waals surface area contributed by atoms with Gasteiger partial charge in [-0.15, -0.1) is 0 Å². The van der Waals surface area contributed by atoms with Crippen molar-refractivity contribution in [3.63, 3.8) is 0 Å². The third-order valence-corrected chi connectivity index (χ3v) is 3.89. The van der Waals surface area contributed by atoms with Crippen molar-refractivity contribution in [2.45, 2.75) is 71.9 Å². The molecule has 0 aromatic carbocycles. The standard InChI is InChI=1S/C15H32N2/c1-5-7-10-17(14(4)6-2)12-13(3)11-16-15-8-9-15/h13-16H,5-12H2,1-4H3. The molecule has 2 heteroatoms. The van der Waals surface area contributed by atoms with Gasteiger partial charge in [0.05, 0.1) is 0 Å². The van der Waals surface area contributed by atoms with E-state index in [0.29, 0.717) is 0 Å². The quantitative estimate of drug-likeness (QED) is 0.630. The first-order valence-corrected chi connectivity index (χ1v) is 7.64. The number of hydrogen-bond acceptors (Lipinski definition) is 2. The van der Waals surface area contributed by atoms with Crippen molar-refractivity contribution in [3.8, 4) is 0 Å². The normalized spacial score (nSPS) is 19.6. The highest BCUT2D eigenvalue weighted by atomic mass is 15.2. The van der Waals surface area contributed by atoms with Gasteiger partial charge in [0.2, 0.25) is 0 Å². The Labute approximate surface area is 108 Å². The van der Waals surface area contributed by atoms with Gasteiger partial charge in [-0.05, 0) is 51.6 Å². The van der Waals surface area contributed by atoms with E-state index >= 15 is 0 Å².